The molecule has 0 radical (unpaired) electrons. The monoisotopic (exact) mass is 358 g/mol. The van der Waals surface area contributed by atoms with E-state index in [-0.39, 0.29) is 5.69 Å². The van der Waals surface area contributed by atoms with Crippen molar-refractivity contribution in [3.63, 3.8) is 0 Å². The van der Waals surface area contributed by atoms with Gasteiger partial charge in [0.15, 0.2) is 0 Å². The van der Waals surface area contributed by atoms with Gasteiger partial charge in [0.05, 0.1) is 12.2 Å². The summed E-state index contributed by atoms with van der Waals surface area (Å²) in [4.78, 5) is 21.6. The Kier molecular flexibility index (Phi) is 6.21. The zero-order valence-corrected chi connectivity index (χ0v) is 16.1. The Morgan fingerprint density at radius 3 is 2.85 bits per heavy atom. The second-order valence-electron chi connectivity index (χ2n) is 7.31. The fourth-order valence-electron chi connectivity index (χ4n) is 3.63. The lowest BCUT2D eigenvalue weighted by Crippen LogP contribution is -2.35. The maximum Gasteiger partial charge on any atom is 0.345 e. The predicted octanol–water partition coefficient (Wildman–Crippen LogP) is 1.40. The summed E-state index contributed by atoms with van der Waals surface area (Å²) in [6.07, 6.45) is 4.06. The fraction of sp³-hybridized carbons (Fsp3) is 0.632. The van der Waals surface area contributed by atoms with Crippen molar-refractivity contribution in [2.24, 2.45) is 0 Å². The van der Waals surface area contributed by atoms with Crippen LogP contribution in [0.5, 0.6) is 0 Å². The van der Waals surface area contributed by atoms with Crippen molar-refractivity contribution in [1.82, 2.24) is 29.1 Å². The van der Waals surface area contributed by atoms with Gasteiger partial charge in [0.2, 0.25) is 0 Å². The largest absolute Gasteiger partial charge is 0.345 e. The van der Waals surface area contributed by atoms with Crippen molar-refractivity contribution in [2.45, 2.75) is 45.3 Å². The molecule has 7 heteroatoms. The minimum Gasteiger partial charge on any atom is -0.308 e. The second kappa shape index (κ2) is 8.60. The highest BCUT2D eigenvalue weighted by Crippen LogP contribution is 2.26. The molecular formula is C19H30N6O. The zero-order valence-electron chi connectivity index (χ0n) is 16.1. The Labute approximate surface area is 155 Å². The number of pyridine rings is 1. The lowest BCUT2D eigenvalue weighted by Gasteiger charge is -2.31. The first kappa shape index (κ1) is 18.8. The first-order valence-electron chi connectivity index (χ1n) is 9.53. The number of likely N-dealkylation sites (tertiary alicyclic amines) is 1. The highest BCUT2D eigenvalue weighted by atomic mass is 16.2. The Morgan fingerprint density at radius 2 is 2.15 bits per heavy atom. The fourth-order valence-corrected chi connectivity index (χ4v) is 3.63. The van der Waals surface area contributed by atoms with Crippen LogP contribution in [0.25, 0.3) is 0 Å². The molecule has 0 saturated carbocycles. The van der Waals surface area contributed by atoms with Crippen molar-refractivity contribution >= 4 is 0 Å². The van der Waals surface area contributed by atoms with Crippen molar-refractivity contribution in [3.8, 4) is 0 Å². The van der Waals surface area contributed by atoms with E-state index in [9.17, 15) is 4.79 Å². The highest BCUT2D eigenvalue weighted by molar-refractivity contribution is 5.05. The van der Waals surface area contributed by atoms with E-state index in [0.29, 0.717) is 19.0 Å². The molecule has 2 aromatic rings. The van der Waals surface area contributed by atoms with Crippen LogP contribution in [0, 0.1) is 0 Å². The van der Waals surface area contributed by atoms with Gasteiger partial charge >= 0.3 is 5.69 Å². The summed E-state index contributed by atoms with van der Waals surface area (Å²) in [5.74, 6) is 1.25. The van der Waals surface area contributed by atoms with Crippen LogP contribution in [-0.2, 0) is 19.6 Å². The van der Waals surface area contributed by atoms with Crippen LogP contribution < -0.4 is 5.69 Å². The number of aromatic nitrogens is 4. The standard InChI is InChI=1S/C19H30N6O/c1-4-24-18(21-25(19(24)26)13-12-22(2)3)16-8-7-11-23(14-16)15-17-9-5-6-10-20-17/h5-6,9-10,16H,4,7-8,11-15H2,1-3H3. The summed E-state index contributed by atoms with van der Waals surface area (Å²) in [6.45, 7) is 7.01. The molecule has 0 amide bonds. The van der Waals surface area contributed by atoms with Crippen LogP contribution in [0.15, 0.2) is 29.2 Å². The van der Waals surface area contributed by atoms with Crippen molar-refractivity contribution in [2.75, 3.05) is 33.7 Å². The van der Waals surface area contributed by atoms with Crippen molar-refractivity contribution < 1.29 is 0 Å². The maximum absolute atomic E-state index is 12.7. The smallest absolute Gasteiger partial charge is 0.308 e. The highest BCUT2D eigenvalue weighted by Gasteiger charge is 2.27. The Bertz CT molecular complexity index is 751. The Hall–Kier alpha value is -1.99. The van der Waals surface area contributed by atoms with E-state index < -0.39 is 0 Å². The van der Waals surface area contributed by atoms with Gasteiger partial charge in [-0.2, -0.15) is 5.10 Å². The van der Waals surface area contributed by atoms with E-state index in [0.717, 1.165) is 50.5 Å². The van der Waals surface area contributed by atoms with E-state index in [2.05, 4.69) is 20.9 Å². The molecule has 2 aromatic heterocycles. The van der Waals surface area contributed by atoms with Gasteiger partial charge < -0.3 is 4.90 Å². The van der Waals surface area contributed by atoms with Gasteiger partial charge in [-0.1, -0.05) is 6.07 Å². The molecule has 1 fully saturated rings. The maximum atomic E-state index is 12.7. The summed E-state index contributed by atoms with van der Waals surface area (Å²) < 4.78 is 3.49. The molecule has 1 saturated heterocycles. The molecule has 26 heavy (non-hydrogen) atoms. The van der Waals surface area contributed by atoms with Crippen molar-refractivity contribution in [1.29, 1.82) is 0 Å². The van der Waals surface area contributed by atoms with Crippen LogP contribution in [-0.4, -0.2) is 62.9 Å². The van der Waals surface area contributed by atoms with Crippen LogP contribution in [0.1, 0.15) is 37.2 Å². The second-order valence-corrected chi connectivity index (χ2v) is 7.31. The van der Waals surface area contributed by atoms with Crippen LogP contribution in [0.2, 0.25) is 0 Å². The van der Waals surface area contributed by atoms with Gasteiger partial charge in [0, 0.05) is 38.3 Å². The first-order chi connectivity index (χ1) is 12.6. The average molecular weight is 358 g/mol. The minimum atomic E-state index is 0.0196. The van der Waals surface area contributed by atoms with Gasteiger partial charge in [0.1, 0.15) is 5.82 Å². The van der Waals surface area contributed by atoms with Crippen LogP contribution in [0.4, 0.5) is 0 Å². The lowest BCUT2D eigenvalue weighted by atomic mass is 9.97. The van der Waals surface area contributed by atoms with E-state index in [1.807, 2.05) is 43.9 Å². The van der Waals surface area contributed by atoms with Gasteiger partial charge in [-0.15, -0.1) is 0 Å². The molecule has 1 aliphatic rings. The molecular weight excluding hydrogens is 328 g/mol. The number of nitrogens with zero attached hydrogens (tertiary/aromatic N) is 6. The summed E-state index contributed by atoms with van der Waals surface area (Å²) in [5.41, 5.74) is 1.11. The summed E-state index contributed by atoms with van der Waals surface area (Å²) in [7, 11) is 4.03. The zero-order chi connectivity index (χ0) is 18.5. The third-order valence-corrected chi connectivity index (χ3v) is 5.01. The Morgan fingerprint density at radius 1 is 1.31 bits per heavy atom. The SMILES string of the molecule is CCn1c(C2CCCN(Cc3ccccn3)C2)nn(CCN(C)C)c1=O. The summed E-state index contributed by atoms with van der Waals surface area (Å²) in [6, 6.07) is 6.05. The van der Waals surface area contributed by atoms with Crippen LogP contribution in [0.3, 0.4) is 0 Å². The third-order valence-electron chi connectivity index (χ3n) is 5.01. The number of piperidine rings is 1. The van der Waals surface area contributed by atoms with Gasteiger partial charge in [-0.3, -0.25) is 14.5 Å². The van der Waals surface area contributed by atoms with E-state index >= 15 is 0 Å². The summed E-state index contributed by atoms with van der Waals surface area (Å²) in [5, 5.41) is 4.72. The molecule has 0 aromatic carbocycles. The molecule has 0 spiro atoms. The Balaban J connectivity index is 1.75. The van der Waals surface area contributed by atoms with E-state index in [4.69, 9.17) is 5.10 Å². The van der Waals surface area contributed by atoms with Crippen molar-refractivity contribution in [3.05, 3.63) is 46.4 Å². The van der Waals surface area contributed by atoms with Gasteiger partial charge in [-0.05, 0) is 52.5 Å². The predicted molar refractivity (Wildman–Crippen MR) is 102 cm³/mol. The molecule has 0 bridgehead atoms. The third kappa shape index (κ3) is 4.40. The molecule has 1 atom stereocenters. The molecule has 3 heterocycles. The van der Waals surface area contributed by atoms with E-state index in [1.165, 1.54) is 0 Å². The quantitative estimate of drug-likeness (QED) is 0.749. The first-order valence-corrected chi connectivity index (χ1v) is 9.53. The molecule has 1 aliphatic heterocycles. The number of hydrogen-bond donors (Lipinski definition) is 0. The number of rotatable bonds is 7. The molecule has 0 N–H and O–H groups in total. The number of hydrogen-bond acceptors (Lipinski definition) is 5. The number of likely N-dealkylation sites (N-methyl/N-ethyl adjacent to an activating group) is 1. The topological polar surface area (TPSA) is 59.2 Å². The molecule has 0 aliphatic carbocycles. The lowest BCUT2D eigenvalue weighted by molar-refractivity contribution is 0.192. The summed E-state index contributed by atoms with van der Waals surface area (Å²) >= 11 is 0. The molecule has 3 rings (SSSR count). The molecule has 142 valence electrons. The van der Waals surface area contributed by atoms with Gasteiger partial charge in [0.25, 0.3) is 0 Å². The molecule has 1 unspecified atom stereocenters. The van der Waals surface area contributed by atoms with Crippen LogP contribution >= 0.6 is 0 Å². The molecule has 7 nitrogen and oxygen atoms in total. The minimum absolute atomic E-state index is 0.0196. The van der Waals surface area contributed by atoms with E-state index in [1.54, 1.807) is 4.68 Å². The normalized spacial score (nSPS) is 18.5. The van der Waals surface area contributed by atoms with Gasteiger partial charge in [-0.25, -0.2) is 9.48 Å². The average Bonchev–Trinajstić information content (AvgIpc) is 2.97.